The molecule has 7 heteroatoms. The Hall–Kier alpha value is -3.00. The number of aliphatic hydroxyl groups excluding tert-OH is 1. The zero-order chi connectivity index (χ0) is 23.2. The lowest BCUT2D eigenvalue weighted by atomic mass is 10.0. The van der Waals surface area contributed by atoms with Crippen LogP contribution in [0.5, 0.6) is 5.75 Å². The molecule has 0 aliphatic carbocycles. The number of carbonyl (C=O) groups is 1. The summed E-state index contributed by atoms with van der Waals surface area (Å²) in [6, 6.07) is 19.6. The predicted molar refractivity (Wildman–Crippen MR) is 131 cm³/mol. The summed E-state index contributed by atoms with van der Waals surface area (Å²) in [5.74, 6) is 0.849. The van der Waals surface area contributed by atoms with E-state index in [1.165, 1.54) is 0 Å². The minimum atomic E-state index is -0.637. The number of pyridine rings is 1. The van der Waals surface area contributed by atoms with E-state index in [1.807, 2.05) is 60.7 Å². The predicted octanol–water partition coefficient (Wildman–Crippen LogP) is 2.99. The molecule has 174 valence electrons. The van der Waals surface area contributed by atoms with E-state index in [2.05, 4.69) is 15.2 Å². The number of para-hydroxylation sites is 1. The van der Waals surface area contributed by atoms with Gasteiger partial charge >= 0.3 is 0 Å². The number of aromatic nitrogens is 1. The van der Waals surface area contributed by atoms with Gasteiger partial charge in [0, 0.05) is 30.7 Å². The van der Waals surface area contributed by atoms with Crippen LogP contribution in [0.15, 0.2) is 60.7 Å². The first-order valence-electron chi connectivity index (χ1n) is 11.4. The number of ether oxygens (including phenoxy) is 1. The number of likely N-dealkylation sites (tertiary alicyclic amines) is 1. The van der Waals surface area contributed by atoms with Crippen LogP contribution in [0.25, 0.3) is 10.9 Å². The number of amides is 1. The second-order valence-electron chi connectivity index (χ2n) is 8.55. The minimum absolute atomic E-state index is 0.0547. The number of nitrogens with zero attached hydrogens (tertiary/aromatic N) is 3. The molecule has 1 amide bonds. The highest BCUT2D eigenvalue weighted by Gasteiger charge is 2.23. The summed E-state index contributed by atoms with van der Waals surface area (Å²) in [4.78, 5) is 21.1. The zero-order valence-corrected chi connectivity index (χ0v) is 19.3. The molecule has 1 aliphatic rings. The van der Waals surface area contributed by atoms with Crippen molar-refractivity contribution in [2.75, 3.05) is 45.2 Å². The van der Waals surface area contributed by atoms with E-state index in [4.69, 9.17) is 4.74 Å². The normalized spacial score (nSPS) is 16.0. The van der Waals surface area contributed by atoms with E-state index in [0.29, 0.717) is 24.8 Å². The lowest BCUT2D eigenvalue weighted by molar-refractivity contribution is -0.117. The van der Waals surface area contributed by atoms with E-state index in [-0.39, 0.29) is 5.91 Å². The summed E-state index contributed by atoms with van der Waals surface area (Å²) in [6.45, 7) is 2.63. The van der Waals surface area contributed by atoms with E-state index >= 15 is 0 Å². The van der Waals surface area contributed by atoms with Crippen LogP contribution < -0.4 is 15.0 Å². The van der Waals surface area contributed by atoms with Gasteiger partial charge in [-0.2, -0.15) is 0 Å². The number of β-amino-alcohol motifs (C(OH)–C–C–N with tert-alkyl or cyclic N) is 1. The number of carbonyl (C=O) groups excluding carboxylic acids is 1. The fraction of sp³-hybridized carbons (Fsp3) is 0.385. The monoisotopic (exact) mass is 448 g/mol. The Bertz CT molecular complexity index is 1070. The molecule has 1 saturated heterocycles. The quantitative estimate of drug-likeness (QED) is 0.552. The molecule has 2 aromatic carbocycles. The molecule has 0 bridgehead atoms. The maximum atomic E-state index is 12.5. The van der Waals surface area contributed by atoms with Gasteiger partial charge in [-0.15, -0.1) is 0 Å². The first-order chi connectivity index (χ1) is 16.0. The molecule has 4 rings (SSSR count). The lowest BCUT2D eigenvalue weighted by Gasteiger charge is -2.33. The molecule has 1 aliphatic heterocycles. The van der Waals surface area contributed by atoms with Crippen molar-refractivity contribution in [1.82, 2.24) is 15.2 Å². The van der Waals surface area contributed by atoms with Gasteiger partial charge in [0.05, 0.1) is 24.9 Å². The molecule has 1 fully saturated rings. The van der Waals surface area contributed by atoms with Crippen molar-refractivity contribution < 1.29 is 14.6 Å². The maximum Gasteiger partial charge on any atom is 0.240 e. The Morgan fingerprint density at radius 3 is 2.67 bits per heavy atom. The molecule has 7 nitrogen and oxygen atoms in total. The summed E-state index contributed by atoms with van der Waals surface area (Å²) >= 11 is 0. The Morgan fingerprint density at radius 1 is 1.18 bits per heavy atom. The van der Waals surface area contributed by atoms with Crippen LogP contribution in [0, 0.1) is 0 Å². The molecule has 0 saturated carbocycles. The molecule has 0 spiro atoms. The van der Waals surface area contributed by atoms with E-state index in [9.17, 15) is 9.90 Å². The molecule has 1 atom stereocenters. The molecule has 3 aromatic rings. The number of likely N-dealkylation sites (N-methyl/N-ethyl adjacent to an activating group) is 1. The fourth-order valence-electron chi connectivity index (χ4n) is 4.24. The third kappa shape index (κ3) is 5.87. The van der Waals surface area contributed by atoms with Crippen molar-refractivity contribution in [3.8, 4) is 5.75 Å². The topological polar surface area (TPSA) is 77.9 Å². The number of piperidine rings is 1. The molecule has 2 N–H and O–H groups in total. The number of hydrogen-bond donors (Lipinski definition) is 2. The summed E-state index contributed by atoms with van der Waals surface area (Å²) in [6.07, 6.45) is 1.25. The van der Waals surface area contributed by atoms with Gasteiger partial charge in [0.25, 0.3) is 0 Å². The average molecular weight is 449 g/mol. The van der Waals surface area contributed by atoms with E-state index in [1.54, 1.807) is 19.1 Å². The summed E-state index contributed by atoms with van der Waals surface area (Å²) < 4.78 is 5.26. The number of hydrogen-bond acceptors (Lipinski definition) is 6. The zero-order valence-electron chi connectivity index (χ0n) is 19.3. The Labute approximate surface area is 195 Å². The van der Waals surface area contributed by atoms with Crippen LogP contribution in [0.4, 0.5) is 5.69 Å². The highest BCUT2D eigenvalue weighted by molar-refractivity contribution is 5.94. The molecule has 2 heterocycles. The van der Waals surface area contributed by atoms with Crippen molar-refractivity contribution in [1.29, 1.82) is 0 Å². The van der Waals surface area contributed by atoms with Gasteiger partial charge in [-0.25, -0.2) is 0 Å². The molecule has 0 unspecified atom stereocenters. The van der Waals surface area contributed by atoms with Crippen LogP contribution in [0.3, 0.4) is 0 Å². The number of aliphatic hydroxyl groups is 1. The van der Waals surface area contributed by atoms with Gasteiger partial charge in [-0.1, -0.05) is 24.3 Å². The van der Waals surface area contributed by atoms with Crippen LogP contribution >= 0.6 is 0 Å². The summed E-state index contributed by atoms with van der Waals surface area (Å²) in [5.41, 5.74) is 2.43. The number of fused-ring (bicyclic) bond motifs is 1. The van der Waals surface area contributed by atoms with Crippen molar-refractivity contribution >= 4 is 22.5 Å². The highest BCUT2D eigenvalue weighted by atomic mass is 16.5. The maximum absolute atomic E-state index is 12.5. The third-order valence-electron chi connectivity index (χ3n) is 6.34. The summed E-state index contributed by atoms with van der Waals surface area (Å²) in [5, 5.41) is 15.1. The number of methoxy groups -OCH3 is 1. The lowest BCUT2D eigenvalue weighted by Crippen LogP contribution is -2.46. The molecule has 33 heavy (non-hydrogen) atoms. The second-order valence-corrected chi connectivity index (χ2v) is 8.55. The van der Waals surface area contributed by atoms with Crippen molar-refractivity contribution in [2.24, 2.45) is 0 Å². The van der Waals surface area contributed by atoms with Gasteiger partial charge in [0.1, 0.15) is 11.9 Å². The van der Waals surface area contributed by atoms with Crippen LogP contribution in [-0.4, -0.2) is 67.3 Å². The first kappa shape index (κ1) is 23.2. The van der Waals surface area contributed by atoms with Crippen molar-refractivity contribution in [3.05, 3.63) is 66.4 Å². The van der Waals surface area contributed by atoms with E-state index in [0.717, 1.165) is 48.3 Å². The Kier molecular flexibility index (Phi) is 7.54. The fourth-order valence-corrected chi connectivity index (χ4v) is 4.24. The third-order valence-corrected chi connectivity index (χ3v) is 6.34. The minimum Gasteiger partial charge on any atom is -0.497 e. The standard InChI is InChI=1S/C26H32N4O3/c1-29(21-6-4-3-5-7-21)26(32)17-27-20-12-14-30(15-13-20)18-25(31)24-10-8-19-16-22(33-2)9-11-23(19)28-24/h3-11,16,20,25,27,31H,12-15,17-18H2,1-2H3/t25-/m1/s1. The number of nitrogens with one attached hydrogen (secondary N) is 1. The van der Waals surface area contributed by atoms with Gasteiger partial charge < -0.3 is 25.0 Å². The van der Waals surface area contributed by atoms with Gasteiger partial charge in [-0.3, -0.25) is 9.78 Å². The van der Waals surface area contributed by atoms with Crippen LogP contribution in [0.2, 0.25) is 0 Å². The van der Waals surface area contributed by atoms with Gasteiger partial charge in [-0.05, 0) is 62.3 Å². The van der Waals surface area contributed by atoms with Crippen molar-refractivity contribution in [3.63, 3.8) is 0 Å². The number of benzene rings is 2. The Morgan fingerprint density at radius 2 is 1.94 bits per heavy atom. The SMILES string of the molecule is COc1ccc2nc([C@H](O)CN3CCC(NCC(=O)N(C)c4ccccc4)CC3)ccc2c1. The van der Waals surface area contributed by atoms with Gasteiger partial charge in [0.2, 0.25) is 5.91 Å². The van der Waals surface area contributed by atoms with Gasteiger partial charge in [0.15, 0.2) is 0 Å². The van der Waals surface area contributed by atoms with Crippen LogP contribution in [0.1, 0.15) is 24.6 Å². The molecule has 1 aromatic heterocycles. The second kappa shape index (κ2) is 10.7. The number of rotatable bonds is 8. The van der Waals surface area contributed by atoms with Crippen molar-refractivity contribution in [2.45, 2.75) is 25.0 Å². The first-order valence-corrected chi connectivity index (χ1v) is 11.4. The largest absolute Gasteiger partial charge is 0.497 e. The Balaban J connectivity index is 1.23. The smallest absolute Gasteiger partial charge is 0.240 e. The number of anilines is 1. The van der Waals surface area contributed by atoms with Crippen LogP contribution in [-0.2, 0) is 4.79 Å². The molecule has 0 radical (unpaired) electrons. The summed E-state index contributed by atoms with van der Waals surface area (Å²) in [7, 11) is 3.45. The average Bonchev–Trinajstić information content (AvgIpc) is 2.87. The van der Waals surface area contributed by atoms with E-state index < -0.39 is 6.10 Å². The molecular weight excluding hydrogens is 416 g/mol. The molecular formula is C26H32N4O3. The highest BCUT2D eigenvalue weighted by Crippen LogP contribution is 2.23.